The molecule has 6 heteroatoms. The van der Waals surface area contributed by atoms with Crippen molar-refractivity contribution in [2.45, 2.75) is 25.4 Å². The van der Waals surface area contributed by atoms with E-state index in [1.165, 1.54) is 31.5 Å². The van der Waals surface area contributed by atoms with Crippen LogP contribution in [0.2, 0.25) is 0 Å². The van der Waals surface area contributed by atoms with Crippen LogP contribution in [-0.4, -0.2) is 44.1 Å². The third-order valence-electron chi connectivity index (χ3n) is 3.77. The van der Waals surface area contributed by atoms with Crippen LogP contribution in [0.15, 0.2) is 29.3 Å². The van der Waals surface area contributed by atoms with Crippen molar-refractivity contribution in [1.29, 1.82) is 0 Å². The standard InChI is InChI=1S/C15H23FN4.HI/c1-17-15(19-11-14-4-3-9-20(14)2)18-10-12-5-7-13(16)8-6-12;/h5-8,14H,3-4,9-11H2,1-2H3,(H2,17,18,19);1H. The lowest BCUT2D eigenvalue weighted by Crippen LogP contribution is -2.43. The van der Waals surface area contributed by atoms with E-state index in [0.717, 1.165) is 18.1 Å². The van der Waals surface area contributed by atoms with Gasteiger partial charge in [0.1, 0.15) is 5.82 Å². The number of hydrogen-bond acceptors (Lipinski definition) is 2. The molecule has 0 aromatic heterocycles. The summed E-state index contributed by atoms with van der Waals surface area (Å²) < 4.78 is 12.8. The summed E-state index contributed by atoms with van der Waals surface area (Å²) in [6.07, 6.45) is 2.50. The largest absolute Gasteiger partial charge is 0.355 e. The summed E-state index contributed by atoms with van der Waals surface area (Å²) in [5.41, 5.74) is 1.03. The van der Waals surface area contributed by atoms with Crippen molar-refractivity contribution in [1.82, 2.24) is 15.5 Å². The average molecular weight is 406 g/mol. The van der Waals surface area contributed by atoms with Crippen molar-refractivity contribution in [3.8, 4) is 0 Å². The second kappa shape index (κ2) is 9.19. The maximum atomic E-state index is 12.8. The maximum absolute atomic E-state index is 12.8. The number of benzene rings is 1. The summed E-state index contributed by atoms with van der Waals surface area (Å²) in [4.78, 5) is 6.58. The molecule has 1 heterocycles. The van der Waals surface area contributed by atoms with Crippen LogP contribution in [0, 0.1) is 5.82 Å². The summed E-state index contributed by atoms with van der Waals surface area (Å²) in [5.74, 6) is 0.579. The molecular weight excluding hydrogens is 382 g/mol. The molecule has 1 fully saturated rings. The van der Waals surface area contributed by atoms with E-state index in [0.29, 0.717) is 12.6 Å². The van der Waals surface area contributed by atoms with Crippen LogP contribution >= 0.6 is 24.0 Å². The first-order chi connectivity index (χ1) is 9.69. The molecule has 1 aromatic rings. The van der Waals surface area contributed by atoms with Gasteiger partial charge in [-0.05, 0) is 44.1 Å². The quantitative estimate of drug-likeness (QED) is 0.458. The first-order valence-electron chi connectivity index (χ1n) is 7.08. The predicted molar refractivity (Wildman–Crippen MR) is 95.7 cm³/mol. The predicted octanol–water partition coefficient (Wildman–Crippen LogP) is 2.20. The number of hydrogen-bond donors (Lipinski definition) is 2. The van der Waals surface area contributed by atoms with Crippen molar-refractivity contribution in [2.75, 3.05) is 27.2 Å². The SMILES string of the molecule is CN=C(NCc1ccc(F)cc1)NCC1CCCN1C.I. The van der Waals surface area contributed by atoms with E-state index >= 15 is 0 Å². The van der Waals surface area contributed by atoms with Crippen LogP contribution in [0.3, 0.4) is 0 Å². The minimum absolute atomic E-state index is 0. The molecule has 1 aromatic carbocycles. The second-order valence-electron chi connectivity index (χ2n) is 5.21. The number of likely N-dealkylation sites (N-methyl/N-ethyl adjacent to an activating group) is 1. The average Bonchev–Trinajstić information content (AvgIpc) is 2.86. The summed E-state index contributed by atoms with van der Waals surface area (Å²) in [5, 5.41) is 6.59. The molecule has 0 bridgehead atoms. The Labute approximate surface area is 143 Å². The Morgan fingerprint density at radius 3 is 2.62 bits per heavy atom. The van der Waals surface area contributed by atoms with Gasteiger partial charge in [0.15, 0.2) is 5.96 Å². The first-order valence-corrected chi connectivity index (χ1v) is 7.08. The van der Waals surface area contributed by atoms with Crippen LogP contribution in [-0.2, 0) is 6.54 Å². The monoisotopic (exact) mass is 406 g/mol. The zero-order valence-electron chi connectivity index (χ0n) is 12.6. The van der Waals surface area contributed by atoms with E-state index in [1.807, 2.05) is 0 Å². The number of rotatable bonds is 4. The number of guanidine groups is 1. The Morgan fingerprint density at radius 2 is 2.05 bits per heavy atom. The third-order valence-corrected chi connectivity index (χ3v) is 3.77. The Hall–Kier alpha value is -0.890. The normalized spacial score (nSPS) is 19.2. The Balaban J connectivity index is 0.00000220. The van der Waals surface area contributed by atoms with Crippen molar-refractivity contribution in [3.05, 3.63) is 35.6 Å². The Morgan fingerprint density at radius 1 is 1.33 bits per heavy atom. The molecule has 1 aliphatic rings. The number of likely N-dealkylation sites (tertiary alicyclic amines) is 1. The molecule has 1 saturated heterocycles. The zero-order valence-corrected chi connectivity index (χ0v) is 14.9. The minimum Gasteiger partial charge on any atom is -0.355 e. The lowest BCUT2D eigenvalue weighted by atomic mass is 10.2. The molecule has 0 aliphatic carbocycles. The van der Waals surface area contributed by atoms with Crippen LogP contribution in [0.25, 0.3) is 0 Å². The molecule has 1 aliphatic heterocycles. The number of halogens is 2. The number of nitrogens with one attached hydrogen (secondary N) is 2. The third kappa shape index (κ3) is 5.78. The van der Waals surface area contributed by atoms with Gasteiger partial charge in [-0.15, -0.1) is 24.0 Å². The van der Waals surface area contributed by atoms with E-state index in [2.05, 4.69) is 27.6 Å². The van der Waals surface area contributed by atoms with E-state index < -0.39 is 0 Å². The highest BCUT2D eigenvalue weighted by molar-refractivity contribution is 14.0. The molecule has 2 rings (SSSR count). The molecule has 118 valence electrons. The van der Waals surface area contributed by atoms with Gasteiger partial charge in [-0.2, -0.15) is 0 Å². The van der Waals surface area contributed by atoms with Crippen molar-refractivity contribution in [3.63, 3.8) is 0 Å². The van der Waals surface area contributed by atoms with Crippen LogP contribution in [0.5, 0.6) is 0 Å². The van der Waals surface area contributed by atoms with Gasteiger partial charge >= 0.3 is 0 Å². The first kappa shape index (κ1) is 18.2. The van der Waals surface area contributed by atoms with E-state index in [-0.39, 0.29) is 29.8 Å². The fourth-order valence-electron chi connectivity index (χ4n) is 2.46. The lowest BCUT2D eigenvalue weighted by molar-refractivity contribution is 0.309. The smallest absolute Gasteiger partial charge is 0.191 e. The van der Waals surface area contributed by atoms with Crippen LogP contribution < -0.4 is 10.6 Å². The highest BCUT2D eigenvalue weighted by Crippen LogP contribution is 2.13. The molecule has 1 atom stereocenters. The zero-order chi connectivity index (χ0) is 14.4. The van der Waals surface area contributed by atoms with Gasteiger partial charge in [0, 0.05) is 26.2 Å². The van der Waals surface area contributed by atoms with Crippen molar-refractivity contribution >= 4 is 29.9 Å². The lowest BCUT2D eigenvalue weighted by Gasteiger charge is -2.21. The summed E-state index contributed by atoms with van der Waals surface area (Å²) >= 11 is 0. The van der Waals surface area contributed by atoms with Crippen molar-refractivity contribution in [2.24, 2.45) is 4.99 Å². The highest BCUT2D eigenvalue weighted by Gasteiger charge is 2.20. The van der Waals surface area contributed by atoms with Crippen LogP contribution in [0.4, 0.5) is 4.39 Å². The van der Waals surface area contributed by atoms with Gasteiger partial charge in [-0.1, -0.05) is 12.1 Å². The van der Waals surface area contributed by atoms with Gasteiger partial charge in [0.05, 0.1) is 0 Å². The molecule has 0 amide bonds. The molecule has 2 N–H and O–H groups in total. The van der Waals surface area contributed by atoms with Gasteiger partial charge in [0.2, 0.25) is 0 Å². The number of aliphatic imine (C=N–C) groups is 1. The fourth-order valence-corrected chi connectivity index (χ4v) is 2.46. The van der Waals surface area contributed by atoms with Crippen molar-refractivity contribution < 1.29 is 4.39 Å². The Kier molecular flexibility index (Phi) is 7.95. The van der Waals surface area contributed by atoms with Gasteiger partial charge in [-0.25, -0.2) is 4.39 Å². The van der Waals surface area contributed by atoms with Gasteiger partial charge in [0.25, 0.3) is 0 Å². The number of nitrogens with zero attached hydrogens (tertiary/aromatic N) is 2. The van der Waals surface area contributed by atoms with Gasteiger partial charge in [-0.3, -0.25) is 4.99 Å². The molecule has 0 radical (unpaired) electrons. The topological polar surface area (TPSA) is 39.7 Å². The van der Waals surface area contributed by atoms with E-state index in [1.54, 1.807) is 19.2 Å². The van der Waals surface area contributed by atoms with Gasteiger partial charge < -0.3 is 15.5 Å². The van der Waals surface area contributed by atoms with E-state index in [4.69, 9.17) is 0 Å². The fraction of sp³-hybridized carbons (Fsp3) is 0.533. The molecular formula is C15H24FIN4. The summed E-state index contributed by atoms with van der Waals surface area (Å²) in [7, 11) is 3.92. The minimum atomic E-state index is -0.208. The van der Waals surface area contributed by atoms with E-state index in [9.17, 15) is 4.39 Å². The Bertz CT molecular complexity index is 449. The maximum Gasteiger partial charge on any atom is 0.191 e. The molecule has 0 saturated carbocycles. The summed E-state index contributed by atoms with van der Waals surface area (Å²) in [6, 6.07) is 7.08. The summed E-state index contributed by atoms with van der Waals surface area (Å²) in [6.45, 7) is 2.72. The second-order valence-corrected chi connectivity index (χ2v) is 5.21. The molecule has 0 spiro atoms. The highest BCUT2D eigenvalue weighted by atomic mass is 127. The molecule has 21 heavy (non-hydrogen) atoms. The molecule has 4 nitrogen and oxygen atoms in total. The molecule has 1 unspecified atom stereocenters. The van der Waals surface area contributed by atoms with Crippen LogP contribution in [0.1, 0.15) is 18.4 Å².